The van der Waals surface area contributed by atoms with Gasteiger partial charge in [0.25, 0.3) is 5.91 Å². The van der Waals surface area contributed by atoms with Crippen molar-refractivity contribution < 1.29 is 9.59 Å². The molecule has 1 N–H and O–H groups in total. The van der Waals surface area contributed by atoms with Crippen molar-refractivity contribution in [2.24, 2.45) is 0 Å². The van der Waals surface area contributed by atoms with Crippen LogP contribution < -0.4 is 5.32 Å². The van der Waals surface area contributed by atoms with Crippen LogP contribution in [-0.2, 0) is 4.79 Å². The van der Waals surface area contributed by atoms with Gasteiger partial charge < -0.3 is 10.2 Å². The standard InChI is InChI=1S/C18H17ClN2O2S/c1-11(12-3-5-13(19)6-4-12)21-10-17(22)20-16-8-7-14(24-2)9-15(16)18(21)23/h3-9,11H,10H2,1-2H3,(H,20,22)/t11-/m1/s1. The van der Waals surface area contributed by atoms with Crippen molar-refractivity contribution in [1.29, 1.82) is 0 Å². The number of halogens is 1. The summed E-state index contributed by atoms with van der Waals surface area (Å²) in [7, 11) is 0. The summed E-state index contributed by atoms with van der Waals surface area (Å²) in [6.45, 7) is 1.93. The van der Waals surface area contributed by atoms with Gasteiger partial charge in [0, 0.05) is 9.92 Å². The van der Waals surface area contributed by atoms with E-state index in [0.717, 1.165) is 10.5 Å². The fourth-order valence-electron chi connectivity index (χ4n) is 2.74. The van der Waals surface area contributed by atoms with Crippen LogP contribution in [0, 0.1) is 0 Å². The van der Waals surface area contributed by atoms with E-state index in [2.05, 4.69) is 5.32 Å². The van der Waals surface area contributed by atoms with Crippen molar-refractivity contribution >= 4 is 40.9 Å². The normalized spacial score (nSPS) is 15.5. The predicted octanol–water partition coefficient (Wildman–Crippen LogP) is 4.22. The van der Waals surface area contributed by atoms with Crippen molar-refractivity contribution in [3.05, 3.63) is 58.6 Å². The number of carbonyl (C=O) groups excluding carboxylic acids is 2. The molecule has 2 aromatic carbocycles. The van der Waals surface area contributed by atoms with Gasteiger partial charge in [-0.3, -0.25) is 9.59 Å². The van der Waals surface area contributed by atoms with Gasteiger partial charge in [-0.25, -0.2) is 0 Å². The van der Waals surface area contributed by atoms with E-state index in [0.29, 0.717) is 16.3 Å². The third-order valence-electron chi connectivity index (χ3n) is 4.13. The predicted molar refractivity (Wildman–Crippen MR) is 97.8 cm³/mol. The molecule has 124 valence electrons. The van der Waals surface area contributed by atoms with Crippen molar-refractivity contribution in [2.45, 2.75) is 17.9 Å². The molecule has 0 saturated heterocycles. The zero-order chi connectivity index (χ0) is 17.3. The fraction of sp³-hybridized carbons (Fsp3) is 0.222. The lowest BCUT2D eigenvalue weighted by Gasteiger charge is -2.27. The average molecular weight is 361 g/mol. The molecule has 2 aromatic rings. The zero-order valence-corrected chi connectivity index (χ0v) is 14.9. The molecule has 0 bridgehead atoms. The minimum absolute atomic E-state index is 0.0197. The Balaban J connectivity index is 1.99. The topological polar surface area (TPSA) is 49.4 Å². The second kappa shape index (κ2) is 6.87. The Hall–Kier alpha value is -1.98. The quantitative estimate of drug-likeness (QED) is 0.834. The molecular formula is C18H17ClN2O2S. The van der Waals surface area contributed by atoms with Crippen LogP contribution >= 0.6 is 23.4 Å². The molecule has 2 amide bonds. The number of anilines is 1. The first-order valence-electron chi connectivity index (χ1n) is 7.54. The van der Waals surface area contributed by atoms with Gasteiger partial charge in [-0.05, 0) is 49.1 Å². The van der Waals surface area contributed by atoms with Crippen molar-refractivity contribution in [3.8, 4) is 0 Å². The van der Waals surface area contributed by atoms with Crippen molar-refractivity contribution in [3.63, 3.8) is 0 Å². The second-order valence-electron chi connectivity index (χ2n) is 5.62. The van der Waals surface area contributed by atoms with Gasteiger partial charge in [-0.1, -0.05) is 23.7 Å². The molecule has 1 aliphatic rings. The Morgan fingerprint density at radius 3 is 2.54 bits per heavy atom. The van der Waals surface area contributed by atoms with Crippen LogP contribution in [0.3, 0.4) is 0 Å². The highest BCUT2D eigenvalue weighted by molar-refractivity contribution is 7.98. The SMILES string of the molecule is CSc1ccc2c(c1)C(=O)N([C@H](C)c1ccc(Cl)cc1)CC(=O)N2. The summed E-state index contributed by atoms with van der Waals surface area (Å²) in [5.74, 6) is -0.346. The van der Waals surface area contributed by atoms with Gasteiger partial charge >= 0.3 is 0 Å². The molecule has 0 aliphatic carbocycles. The van der Waals surface area contributed by atoms with Gasteiger partial charge in [0.2, 0.25) is 5.91 Å². The number of hydrogen-bond acceptors (Lipinski definition) is 3. The zero-order valence-electron chi connectivity index (χ0n) is 13.4. The number of fused-ring (bicyclic) bond motifs is 1. The first kappa shape index (κ1) is 16.9. The molecule has 3 rings (SSSR count). The molecule has 24 heavy (non-hydrogen) atoms. The fourth-order valence-corrected chi connectivity index (χ4v) is 3.31. The van der Waals surface area contributed by atoms with Crippen molar-refractivity contribution in [1.82, 2.24) is 4.90 Å². The van der Waals surface area contributed by atoms with Crippen LogP contribution in [0.15, 0.2) is 47.4 Å². The molecule has 6 heteroatoms. The molecule has 0 spiro atoms. The molecule has 0 unspecified atom stereocenters. The van der Waals surface area contributed by atoms with Crippen LogP contribution in [0.2, 0.25) is 5.02 Å². The average Bonchev–Trinajstić information content (AvgIpc) is 2.71. The van der Waals surface area contributed by atoms with Crippen LogP contribution in [-0.4, -0.2) is 29.5 Å². The van der Waals surface area contributed by atoms with Crippen LogP contribution in [0.5, 0.6) is 0 Å². The maximum Gasteiger partial charge on any atom is 0.256 e. The van der Waals surface area contributed by atoms with E-state index in [1.165, 1.54) is 0 Å². The molecular weight excluding hydrogens is 344 g/mol. The molecule has 1 aliphatic heterocycles. The molecule has 1 atom stereocenters. The van der Waals surface area contributed by atoms with Gasteiger partial charge in [0.15, 0.2) is 0 Å². The summed E-state index contributed by atoms with van der Waals surface area (Å²) in [5, 5.41) is 3.46. The number of nitrogens with zero attached hydrogens (tertiary/aromatic N) is 1. The molecule has 0 saturated carbocycles. The third kappa shape index (κ3) is 3.28. The van der Waals surface area contributed by atoms with Crippen LogP contribution in [0.25, 0.3) is 0 Å². The maximum atomic E-state index is 13.0. The van der Waals surface area contributed by atoms with Gasteiger partial charge in [0.1, 0.15) is 6.54 Å². The highest BCUT2D eigenvalue weighted by atomic mass is 35.5. The van der Waals surface area contributed by atoms with Gasteiger partial charge in [-0.2, -0.15) is 0 Å². The van der Waals surface area contributed by atoms with E-state index >= 15 is 0 Å². The highest BCUT2D eigenvalue weighted by Crippen LogP contribution is 2.30. The lowest BCUT2D eigenvalue weighted by atomic mass is 10.1. The summed E-state index contributed by atoms with van der Waals surface area (Å²) < 4.78 is 0. The van der Waals surface area contributed by atoms with E-state index < -0.39 is 0 Å². The van der Waals surface area contributed by atoms with Crippen LogP contribution in [0.4, 0.5) is 5.69 Å². The molecule has 1 heterocycles. The minimum atomic E-state index is -0.232. The lowest BCUT2D eigenvalue weighted by molar-refractivity contribution is -0.117. The summed E-state index contributed by atoms with van der Waals surface area (Å²) in [6.07, 6.45) is 1.95. The molecule has 0 radical (unpaired) electrons. The van der Waals surface area contributed by atoms with E-state index in [-0.39, 0.29) is 24.4 Å². The molecule has 4 nitrogen and oxygen atoms in total. The highest BCUT2D eigenvalue weighted by Gasteiger charge is 2.30. The van der Waals surface area contributed by atoms with E-state index in [9.17, 15) is 9.59 Å². The monoisotopic (exact) mass is 360 g/mol. The third-order valence-corrected chi connectivity index (χ3v) is 5.10. The van der Waals surface area contributed by atoms with Gasteiger partial charge in [-0.15, -0.1) is 11.8 Å². The largest absolute Gasteiger partial charge is 0.324 e. The Kier molecular flexibility index (Phi) is 4.83. The van der Waals surface area contributed by atoms with E-state index in [1.807, 2.05) is 37.4 Å². The summed E-state index contributed by atoms with van der Waals surface area (Å²) in [4.78, 5) is 27.8. The van der Waals surface area contributed by atoms with Crippen LogP contribution in [0.1, 0.15) is 28.9 Å². The number of hydrogen-bond donors (Lipinski definition) is 1. The summed E-state index contributed by atoms with van der Waals surface area (Å²) in [5.41, 5.74) is 2.02. The minimum Gasteiger partial charge on any atom is -0.324 e. The van der Waals surface area contributed by atoms with Gasteiger partial charge in [0.05, 0.1) is 17.3 Å². The van der Waals surface area contributed by atoms with Crippen molar-refractivity contribution in [2.75, 3.05) is 18.1 Å². The molecule has 0 fully saturated rings. The molecule has 0 aromatic heterocycles. The Labute approximate surface area is 150 Å². The summed E-state index contributed by atoms with van der Waals surface area (Å²) in [6, 6.07) is 12.6. The number of benzene rings is 2. The Morgan fingerprint density at radius 2 is 1.88 bits per heavy atom. The number of rotatable bonds is 3. The smallest absolute Gasteiger partial charge is 0.256 e. The lowest BCUT2D eigenvalue weighted by Crippen LogP contribution is -2.37. The number of carbonyl (C=O) groups is 2. The number of nitrogens with one attached hydrogen (secondary N) is 1. The Morgan fingerprint density at radius 1 is 1.17 bits per heavy atom. The number of thioether (sulfide) groups is 1. The van der Waals surface area contributed by atoms with E-state index in [4.69, 9.17) is 11.6 Å². The summed E-state index contributed by atoms with van der Waals surface area (Å²) >= 11 is 7.49. The Bertz CT molecular complexity index is 792. The maximum absolute atomic E-state index is 13.0. The first-order valence-corrected chi connectivity index (χ1v) is 9.14. The second-order valence-corrected chi connectivity index (χ2v) is 6.94. The van der Waals surface area contributed by atoms with E-state index in [1.54, 1.807) is 34.9 Å². The first-order chi connectivity index (χ1) is 11.5. The number of amides is 2.